The highest BCUT2D eigenvalue weighted by Crippen LogP contribution is 2.34. The summed E-state index contributed by atoms with van der Waals surface area (Å²) < 4.78 is 2.31. The Kier molecular flexibility index (Phi) is 5.99. The van der Waals surface area contributed by atoms with Crippen LogP contribution in [0.25, 0.3) is 28.1 Å². The Balaban J connectivity index is 1.97. The highest BCUT2D eigenvalue weighted by molar-refractivity contribution is 6.04. The summed E-state index contributed by atoms with van der Waals surface area (Å²) in [7, 11) is 0. The van der Waals surface area contributed by atoms with Crippen molar-refractivity contribution >= 4 is 34.4 Å². The molecule has 4 rings (SSSR count). The molecule has 1 heterocycles. The van der Waals surface area contributed by atoms with Crippen LogP contribution in [0.3, 0.4) is 0 Å². The van der Waals surface area contributed by atoms with Crippen molar-refractivity contribution in [3.05, 3.63) is 91.2 Å². The number of fused-ring (bicyclic) bond motifs is 3. The number of pyridine rings is 1. The minimum atomic E-state index is -0.243. The van der Waals surface area contributed by atoms with Gasteiger partial charge in [-0.15, -0.1) is 0 Å². The fourth-order valence-electron chi connectivity index (χ4n) is 4.32. The molecule has 0 radical (unpaired) electrons. The van der Waals surface area contributed by atoms with Crippen LogP contribution in [0.15, 0.2) is 79.9 Å². The fraction of sp³-hybridized carbons (Fsp3) is 0.148. The van der Waals surface area contributed by atoms with Crippen LogP contribution < -0.4 is 15.2 Å². The highest BCUT2D eigenvalue weighted by Gasteiger charge is 2.30. The van der Waals surface area contributed by atoms with Gasteiger partial charge in [0.15, 0.2) is 5.69 Å². The molecule has 160 valence electrons. The second-order valence-corrected chi connectivity index (χ2v) is 7.66. The van der Waals surface area contributed by atoms with Crippen molar-refractivity contribution in [3.63, 3.8) is 0 Å². The first-order valence-electron chi connectivity index (χ1n) is 10.7. The van der Waals surface area contributed by atoms with Gasteiger partial charge >= 0.3 is 0 Å². The predicted molar refractivity (Wildman–Crippen MR) is 129 cm³/mol. The number of amides is 2. The van der Waals surface area contributed by atoms with Gasteiger partial charge in [-0.1, -0.05) is 49.6 Å². The molecule has 1 aliphatic rings. The van der Waals surface area contributed by atoms with Crippen molar-refractivity contribution in [2.75, 3.05) is 5.32 Å². The summed E-state index contributed by atoms with van der Waals surface area (Å²) in [4.78, 5) is 23.8. The molecule has 2 amide bonds. The smallest absolute Gasteiger partial charge is 0.247 e. The van der Waals surface area contributed by atoms with E-state index in [-0.39, 0.29) is 17.9 Å². The largest absolute Gasteiger partial charge is 0.346 e. The van der Waals surface area contributed by atoms with Gasteiger partial charge in [-0.05, 0) is 43.3 Å². The Hall–Kier alpha value is -3.99. The number of rotatable bonds is 6. The second kappa shape index (κ2) is 9.02. The van der Waals surface area contributed by atoms with Crippen molar-refractivity contribution in [3.8, 4) is 11.3 Å². The van der Waals surface area contributed by atoms with Crippen LogP contribution in [0, 0.1) is 0 Å². The van der Waals surface area contributed by atoms with E-state index in [0.717, 1.165) is 39.8 Å². The third-order valence-electron chi connectivity index (χ3n) is 5.71. The van der Waals surface area contributed by atoms with Gasteiger partial charge < -0.3 is 10.6 Å². The molecule has 1 aliphatic carbocycles. The number of carbonyl (C=O) groups is 2. The van der Waals surface area contributed by atoms with Crippen molar-refractivity contribution in [2.45, 2.75) is 25.9 Å². The predicted octanol–water partition coefficient (Wildman–Crippen LogP) is 4.18. The van der Waals surface area contributed by atoms with Gasteiger partial charge in [0.1, 0.15) is 6.54 Å². The molecular formula is C27H26N3O2+. The third kappa shape index (κ3) is 3.97. The lowest BCUT2D eigenvalue weighted by Crippen LogP contribution is -2.45. The van der Waals surface area contributed by atoms with Gasteiger partial charge in [0.25, 0.3) is 0 Å². The summed E-state index contributed by atoms with van der Waals surface area (Å²) in [5.74, 6) is -0.426. The van der Waals surface area contributed by atoms with E-state index in [0.29, 0.717) is 6.42 Å². The van der Waals surface area contributed by atoms with Gasteiger partial charge in [0.2, 0.25) is 17.5 Å². The van der Waals surface area contributed by atoms with Crippen LogP contribution in [-0.4, -0.2) is 17.9 Å². The van der Waals surface area contributed by atoms with Crippen LogP contribution in [0.5, 0.6) is 0 Å². The number of hydrogen-bond acceptors (Lipinski definition) is 2. The van der Waals surface area contributed by atoms with Crippen LogP contribution >= 0.6 is 0 Å². The van der Waals surface area contributed by atoms with Crippen LogP contribution in [0.4, 0.5) is 5.69 Å². The van der Waals surface area contributed by atoms with Crippen LogP contribution in [0.2, 0.25) is 0 Å². The van der Waals surface area contributed by atoms with Gasteiger partial charge in [-0.2, -0.15) is 4.57 Å². The summed E-state index contributed by atoms with van der Waals surface area (Å²) in [6.07, 6.45) is 7.36. The van der Waals surface area contributed by atoms with E-state index >= 15 is 0 Å². The van der Waals surface area contributed by atoms with Gasteiger partial charge in [0.05, 0.1) is 17.8 Å². The molecule has 5 heteroatoms. The first kappa shape index (κ1) is 21.2. The first-order chi connectivity index (χ1) is 15.5. The van der Waals surface area contributed by atoms with E-state index in [9.17, 15) is 9.59 Å². The molecule has 0 saturated heterocycles. The topological polar surface area (TPSA) is 62.1 Å². The molecule has 0 spiro atoms. The molecular weight excluding hydrogens is 398 g/mol. The van der Waals surface area contributed by atoms with Crippen molar-refractivity contribution < 1.29 is 14.2 Å². The minimum absolute atomic E-state index is 0.0990. The number of nitrogens with one attached hydrogen (secondary N) is 2. The average Bonchev–Trinajstić information content (AvgIpc) is 2.83. The van der Waals surface area contributed by atoms with Crippen LogP contribution in [0.1, 0.15) is 18.2 Å². The third-order valence-corrected chi connectivity index (χ3v) is 5.71. The van der Waals surface area contributed by atoms with Crippen molar-refractivity contribution in [2.24, 2.45) is 0 Å². The molecule has 1 unspecified atom stereocenters. The quantitative estimate of drug-likeness (QED) is 0.461. The molecule has 0 bridgehead atoms. The lowest BCUT2D eigenvalue weighted by Gasteiger charge is -2.22. The minimum Gasteiger partial charge on any atom is -0.346 e. The summed E-state index contributed by atoms with van der Waals surface area (Å²) in [5, 5.41) is 8.02. The van der Waals surface area contributed by atoms with E-state index in [1.54, 1.807) is 0 Å². The van der Waals surface area contributed by atoms with Crippen LogP contribution in [-0.2, 0) is 22.6 Å². The maximum Gasteiger partial charge on any atom is 0.247 e. The summed E-state index contributed by atoms with van der Waals surface area (Å²) in [6, 6.07) is 16.1. The Morgan fingerprint density at radius 1 is 1.06 bits per heavy atom. The number of aromatic nitrogens is 1. The molecule has 1 atom stereocenters. The summed E-state index contributed by atoms with van der Waals surface area (Å²) in [5.41, 5.74) is 5.19. The number of hydrogen-bond donors (Lipinski definition) is 2. The van der Waals surface area contributed by atoms with Gasteiger partial charge in [0, 0.05) is 22.2 Å². The maximum absolute atomic E-state index is 11.9. The van der Waals surface area contributed by atoms with E-state index in [1.165, 1.54) is 17.8 Å². The summed E-state index contributed by atoms with van der Waals surface area (Å²) in [6.45, 7) is 9.99. The lowest BCUT2D eigenvalue weighted by atomic mass is 9.90. The first-order valence-corrected chi connectivity index (χ1v) is 10.7. The van der Waals surface area contributed by atoms with E-state index in [2.05, 4.69) is 53.5 Å². The van der Waals surface area contributed by atoms with Gasteiger partial charge in [-0.3, -0.25) is 9.59 Å². The molecule has 1 aromatic heterocycles. The SMILES string of the molecule is C=CC(=O)Nc1ccc2c3c([n+](CC)c(-c4ccccc4)c2c1)CC(NC(=O)C=C)C=C3. The van der Waals surface area contributed by atoms with E-state index in [1.807, 2.05) is 42.5 Å². The highest BCUT2D eigenvalue weighted by atomic mass is 16.2. The fourth-order valence-corrected chi connectivity index (χ4v) is 4.32. The number of nitrogens with zero attached hydrogens (tertiary/aromatic N) is 1. The Labute approximate surface area is 187 Å². The molecule has 2 aromatic carbocycles. The number of carbonyl (C=O) groups excluding carboxylic acids is 2. The Morgan fingerprint density at radius 3 is 2.50 bits per heavy atom. The average molecular weight is 425 g/mol. The summed E-state index contributed by atoms with van der Waals surface area (Å²) >= 11 is 0. The van der Waals surface area contributed by atoms with E-state index < -0.39 is 0 Å². The zero-order valence-corrected chi connectivity index (χ0v) is 18.1. The van der Waals surface area contributed by atoms with Crippen molar-refractivity contribution in [1.29, 1.82) is 0 Å². The normalized spacial score (nSPS) is 14.5. The molecule has 5 nitrogen and oxygen atoms in total. The molecule has 0 fully saturated rings. The molecule has 32 heavy (non-hydrogen) atoms. The van der Waals surface area contributed by atoms with Crippen molar-refractivity contribution in [1.82, 2.24) is 5.32 Å². The Morgan fingerprint density at radius 2 is 1.81 bits per heavy atom. The van der Waals surface area contributed by atoms with E-state index in [4.69, 9.17) is 0 Å². The lowest BCUT2D eigenvalue weighted by molar-refractivity contribution is -0.689. The number of benzene rings is 2. The molecule has 2 N–H and O–H groups in total. The Bertz CT molecular complexity index is 1260. The molecule has 0 aliphatic heterocycles. The zero-order valence-electron chi connectivity index (χ0n) is 18.1. The monoisotopic (exact) mass is 424 g/mol. The second-order valence-electron chi connectivity index (χ2n) is 7.66. The van der Waals surface area contributed by atoms with Gasteiger partial charge in [-0.25, -0.2) is 0 Å². The molecule has 3 aromatic rings. The standard InChI is InChI=1S/C27H25N3O2/c1-4-25(31)28-19-12-14-21-22-15-13-20(29-26(32)5-2)17-24(22)30(6-3)27(23(21)16-19)18-10-8-7-9-11-18/h4-5,7-16,20H,1-2,6,17H2,3H3,(H-,28,29,31,32)/p+1. The number of anilines is 1. The zero-order chi connectivity index (χ0) is 22.7. The molecule has 0 saturated carbocycles. The maximum atomic E-state index is 11.9.